The molecule has 2 rings (SSSR count). The molecule has 0 aliphatic carbocycles. The van der Waals surface area contributed by atoms with Crippen LogP contribution in [0.5, 0.6) is 0 Å². The van der Waals surface area contributed by atoms with E-state index in [-0.39, 0.29) is 0 Å². The van der Waals surface area contributed by atoms with Gasteiger partial charge in [0, 0.05) is 0 Å². The van der Waals surface area contributed by atoms with Gasteiger partial charge in [0.05, 0.1) is 0 Å². The molecule has 0 amide bonds. The summed E-state index contributed by atoms with van der Waals surface area (Å²) < 4.78 is 0.654. The van der Waals surface area contributed by atoms with Gasteiger partial charge in [-0.2, -0.15) is 0 Å². The van der Waals surface area contributed by atoms with E-state index in [2.05, 4.69) is 60.7 Å². The van der Waals surface area contributed by atoms with E-state index in [1.54, 1.807) is 16.9 Å². The third kappa shape index (κ3) is 2.97. The van der Waals surface area contributed by atoms with E-state index < -0.39 is 0 Å². The van der Waals surface area contributed by atoms with Crippen LogP contribution >= 0.6 is 0 Å². The maximum absolute atomic E-state index is 2.22. The summed E-state index contributed by atoms with van der Waals surface area (Å²) in [4.78, 5) is 0. The van der Waals surface area contributed by atoms with Crippen LogP contribution in [0.25, 0.3) is 0 Å². The summed E-state index contributed by atoms with van der Waals surface area (Å²) in [6.07, 6.45) is 1.14. The summed E-state index contributed by atoms with van der Waals surface area (Å²) in [5, 5.41) is 0. The molecular weight excluding hydrogens is 243 g/mol. The molecule has 1 heteroatoms. The second-order valence-corrected chi connectivity index (χ2v) is 5.40. The van der Waals surface area contributed by atoms with Gasteiger partial charge in [0.1, 0.15) is 0 Å². The van der Waals surface area contributed by atoms with E-state index in [0.29, 0.717) is 4.71 Å². The maximum atomic E-state index is 2.22. The standard InChI is InChI=1S/C14H15As/c15-14(13-9-5-2-6-10-13)11-12-7-3-1-4-8-12/h1-10,14H,11,15H2. The first-order valence-electron chi connectivity index (χ1n) is 5.21. The summed E-state index contributed by atoms with van der Waals surface area (Å²) in [5.41, 5.74) is 2.87. The molecule has 2 unspecified atom stereocenters. The first kappa shape index (κ1) is 10.5. The number of hydrogen-bond donors (Lipinski definition) is 0. The summed E-state index contributed by atoms with van der Waals surface area (Å²) in [5.74, 6) is 0. The van der Waals surface area contributed by atoms with Crippen molar-refractivity contribution in [3.63, 3.8) is 0 Å². The van der Waals surface area contributed by atoms with Crippen LogP contribution in [0.4, 0.5) is 0 Å². The fourth-order valence-corrected chi connectivity index (χ4v) is 2.72. The topological polar surface area (TPSA) is 0 Å². The van der Waals surface area contributed by atoms with Crippen LogP contribution in [0.3, 0.4) is 0 Å². The zero-order valence-electron chi connectivity index (χ0n) is 8.64. The predicted molar refractivity (Wildman–Crippen MR) is 67.9 cm³/mol. The number of rotatable bonds is 3. The van der Waals surface area contributed by atoms with Gasteiger partial charge in [-0.1, -0.05) is 0 Å². The average Bonchev–Trinajstić information content (AvgIpc) is 2.31. The molecular formula is C14H15As. The summed E-state index contributed by atoms with van der Waals surface area (Å²) in [6.45, 7) is 0. The zero-order valence-corrected chi connectivity index (χ0v) is 11.1. The van der Waals surface area contributed by atoms with Gasteiger partial charge in [-0.15, -0.1) is 0 Å². The molecule has 0 aromatic heterocycles. The SMILES string of the molecule is [AsH2]C(Cc1ccccc1)c1ccccc1. The van der Waals surface area contributed by atoms with Crippen molar-refractivity contribution in [3.8, 4) is 0 Å². The quantitative estimate of drug-likeness (QED) is 0.742. The summed E-state index contributed by atoms with van der Waals surface area (Å²) in [7, 11) is 0. The third-order valence-corrected chi connectivity index (χ3v) is 3.83. The molecule has 2 aromatic carbocycles. The monoisotopic (exact) mass is 258 g/mol. The normalized spacial score (nSPS) is 12.3. The first-order chi connectivity index (χ1) is 7.36. The Morgan fingerprint density at radius 2 is 1.33 bits per heavy atom. The number of hydrogen-bond acceptors (Lipinski definition) is 0. The summed E-state index contributed by atoms with van der Waals surface area (Å²) >= 11 is 1.80. The second kappa shape index (κ2) is 5.18. The van der Waals surface area contributed by atoms with Gasteiger partial charge in [0.25, 0.3) is 0 Å². The molecule has 0 nitrogen and oxygen atoms in total. The fourth-order valence-electron chi connectivity index (χ4n) is 1.69. The molecule has 0 bridgehead atoms. The Morgan fingerprint density at radius 1 is 0.800 bits per heavy atom. The van der Waals surface area contributed by atoms with Gasteiger partial charge in [-0.3, -0.25) is 0 Å². The fraction of sp³-hybridized carbons (Fsp3) is 0.143. The van der Waals surface area contributed by atoms with Crippen molar-refractivity contribution in [1.29, 1.82) is 0 Å². The van der Waals surface area contributed by atoms with Crippen LogP contribution in [0.15, 0.2) is 60.7 Å². The molecule has 15 heavy (non-hydrogen) atoms. The first-order valence-corrected chi connectivity index (χ1v) is 6.60. The molecule has 0 saturated heterocycles. The van der Waals surface area contributed by atoms with Crippen molar-refractivity contribution in [2.75, 3.05) is 0 Å². The third-order valence-electron chi connectivity index (χ3n) is 2.53. The molecule has 0 saturated carbocycles. The summed E-state index contributed by atoms with van der Waals surface area (Å²) in [6, 6.07) is 21.4. The van der Waals surface area contributed by atoms with Crippen LogP contribution in [0.1, 0.15) is 15.8 Å². The predicted octanol–water partition coefficient (Wildman–Crippen LogP) is 2.60. The second-order valence-electron chi connectivity index (χ2n) is 3.71. The molecule has 0 spiro atoms. The van der Waals surface area contributed by atoms with Crippen molar-refractivity contribution in [3.05, 3.63) is 71.8 Å². The Kier molecular flexibility index (Phi) is 3.63. The Hall–Kier alpha value is -1.00. The number of benzene rings is 2. The Balaban J connectivity index is 2.08. The zero-order chi connectivity index (χ0) is 10.5. The molecule has 0 fully saturated rings. The van der Waals surface area contributed by atoms with Gasteiger partial charge < -0.3 is 0 Å². The van der Waals surface area contributed by atoms with Crippen molar-refractivity contribution in [2.24, 2.45) is 0 Å². The minimum atomic E-state index is 0.654. The van der Waals surface area contributed by atoms with E-state index in [1.165, 1.54) is 11.1 Å². The van der Waals surface area contributed by atoms with E-state index >= 15 is 0 Å². The van der Waals surface area contributed by atoms with Crippen LogP contribution in [-0.2, 0) is 6.42 Å². The van der Waals surface area contributed by atoms with Crippen LogP contribution in [0.2, 0.25) is 0 Å². The average molecular weight is 258 g/mol. The van der Waals surface area contributed by atoms with Crippen molar-refractivity contribution >= 4 is 16.9 Å². The molecule has 0 heterocycles. The Labute approximate surface area is 99.8 Å². The Morgan fingerprint density at radius 3 is 1.93 bits per heavy atom. The van der Waals surface area contributed by atoms with Crippen LogP contribution in [-0.4, -0.2) is 16.9 Å². The van der Waals surface area contributed by atoms with Crippen molar-refractivity contribution < 1.29 is 0 Å². The van der Waals surface area contributed by atoms with Gasteiger partial charge in [0.2, 0.25) is 0 Å². The van der Waals surface area contributed by atoms with Crippen molar-refractivity contribution in [2.45, 2.75) is 11.1 Å². The van der Waals surface area contributed by atoms with Gasteiger partial charge in [-0.25, -0.2) is 0 Å². The molecule has 2 aromatic rings. The van der Waals surface area contributed by atoms with Gasteiger partial charge in [0.15, 0.2) is 0 Å². The molecule has 76 valence electrons. The van der Waals surface area contributed by atoms with E-state index in [4.69, 9.17) is 0 Å². The molecule has 0 aliphatic rings. The molecule has 0 radical (unpaired) electrons. The Bertz CT molecular complexity index is 394. The van der Waals surface area contributed by atoms with Crippen LogP contribution in [0, 0.1) is 0 Å². The molecule has 2 atom stereocenters. The van der Waals surface area contributed by atoms with Crippen LogP contribution < -0.4 is 0 Å². The van der Waals surface area contributed by atoms with Gasteiger partial charge in [-0.05, 0) is 0 Å². The van der Waals surface area contributed by atoms with E-state index in [0.717, 1.165) is 6.42 Å². The molecule has 0 N–H and O–H groups in total. The minimum absolute atomic E-state index is 0.654. The molecule has 0 aliphatic heterocycles. The van der Waals surface area contributed by atoms with Crippen molar-refractivity contribution in [1.82, 2.24) is 0 Å². The van der Waals surface area contributed by atoms with E-state index in [1.807, 2.05) is 0 Å². The van der Waals surface area contributed by atoms with Gasteiger partial charge >= 0.3 is 99.8 Å². The van der Waals surface area contributed by atoms with E-state index in [9.17, 15) is 0 Å².